The third-order valence-corrected chi connectivity index (χ3v) is 4.15. The largest absolute Gasteiger partial charge is 0.317 e. The van der Waals surface area contributed by atoms with Crippen LogP contribution in [0.3, 0.4) is 0 Å². The van der Waals surface area contributed by atoms with E-state index in [0.29, 0.717) is 17.1 Å². The van der Waals surface area contributed by atoms with Crippen molar-refractivity contribution in [2.45, 2.75) is 26.3 Å². The Morgan fingerprint density at radius 1 is 1.37 bits per heavy atom. The summed E-state index contributed by atoms with van der Waals surface area (Å²) in [7, 11) is 2.08. The molecule has 1 heterocycles. The smallest absolute Gasteiger partial charge is 0.126 e. The fourth-order valence-electron chi connectivity index (χ4n) is 2.67. The van der Waals surface area contributed by atoms with Crippen LogP contribution in [0.25, 0.3) is 0 Å². The first kappa shape index (κ1) is 14.8. The third kappa shape index (κ3) is 4.16. The summed E-state index contributed by atoms with van der Waals surface area (Å²) in [6.07, 6.45) is 2.45. The Morgan fingerprint density at radius 3 is 2.74 bits per heavy atom. The molecule has 0 spiro atoms. The second-order valence-corrected chi connectivity index (χ2v) is 5.99. The van der Waals surface area contributed by atoms with Gasteiger partial charge in [-0.05, 0) is 69.1 Å². The molecule has 2 nitrogen and oxygen atoms in total. The predicted molar refractivity (Wildman–Crippen MR) is 78.1 cm³/mol. The summed E-state index contributed by atoms with van der Waals surface area (Å²) in [4.78, 5) is 2.24. The molecular weight excluding hydrogens is 263 g/mol. The topological polar surface area (TPSA) is 15.3 Å². The molecule has 4 heteroatoms. The van der Waals surface area contributed by atoms with Crippen LogP contribution >= 0.6 is 11.6 Å². The van der Waals surface area contributed by atoms with E-state index in [0.717, 1.165) is 31.1 Å². The van der Waals surface area contributed by atoms with Crippen LogP contribution in [0.4, 0.5) is 4.39 Å². The maximum Gasteiger partial charge on any atom is 0.126 e. The van der Waals surface area contributed by atoms with Crippen molar-refractivity contribution < 1.29 is 4.39 Å². The van der Waals surface area contributed by atoms with Crippen LogP contribution in [-0.2, 0) is 6.54 Å². The molecule has 0 amide bonds. The number of halogens is 2. The van der Waals surface area contributed by atoms with Crippen LogP contribution in [0.5, 0.6) is 0 Å². The Labute approximate surface area is 119 Å². The zero-order valence-electron chi connectivity index (χ0n) is 11.7. The lowest BCUT2D eigenvalue weighted by molar-refractivity contribution is 0.234. The lowest BCUT2D eigenvalue weighted by atomic mass is 9.97. The van der Waals surface area contributed by atoms with Crippen molar-refractivity contribution in [1.82, 2.24) is 10.2 Å². The Kier molecular flexibility index (Phi) is 5.20. The van der Waals surface area contributed by atoms with E-state index in [2.05, 4.69) is 17.3 Å². The quantitative estimate of drug-likeness (QED) is 0.913. The van der Waals surface area contributed by atoms with Crippen molar-refractivity contribution >= 4 is 11.6 Å². The highest BCUT2D eigenvalue weighted by molar-refractivity contribution is 6.31. The van der Waals surface area contributed by atoms with Crippen LogP contribution in [0.15, 0.2) is 12.1 Å². The fourth-order valence-corrected chi connectivity index (χ4v) is 2.95. The molecule has 0 radical (unpaired) electrons. The van der Waals surface area contributed by atoms with Crippen molar-refractivity contribution in [3.8, 4) is 0 Å². The highest BCUT2D eigenvalue weighted by atomic mass is 35.5. The van der Waals surface area contributed by atoms with Gasteiger partial charge in [-0.3, -0.25) is 0 Å². The molecule has 0 unspecified atom stereocenters. The molecule has 0 saturated carbocycles. The molecule has 0 atom stereocenters. The van der Waals surface area contributed by atoms with Gasteiger partial charge >= 0.3 is 0 Å². The molecule has 0 aliphatic carbocycles. The summed E-state index contributed by atoms with van der Waals surface area (Å²) in [5.41, 5.74) is 1.48. The number of piperidine rings is 1. The lowest BCUT2D eigenvalue weighted by Gasteiger charge is -2.27. The van der Waals surface area contributed by atoms with Crippen LogP contribution in [0, 0.1) is 18.7 Å². The van der Waals surface area contributed by atoms with Gasteiger partial charge in [-0.1, -0.05) is 11.6 Å². The lowest BCUT2D eigenvalue weighted by Crippen LogP contribution is -2.34. The molecule has 1 saturated heterocycles. The van der Waals surface area contributed by atoms with Gasteiger partial charge in [-0.15, -0.1) is 0 Å². The SMILES string of the molecule is Cc1cc(Cl)c(CN(C)CC2CCNCC2)cc1F. The minimum Gasteiger partial charge on any atom is -0.317 e. The summed E-state index contributed by atoms with van der Waals surface area (Å²) in [5, 5.41) is 4.03. The molecule has 106 valence electrons. The number of benzene rings is 1. The van der Waals surface area contributed by atoms with Gasteiger partial charge < -0.3 is 10.2 Å². The van der Waals surface area contributed by atoms with E-state index in [1.807, 2.05) is 0 Å². The first-order valence-electron chi connectivity index (χ1n) is 6.90. The van der Waals surface area contributed by atoms with Gasteiger partial charge in [0.1, 0.15) is 5.82 Å². The fraction of sp³-hybridized carbons (Fsp3) is 0.600. The second-order valence-electron chi connectivity index (χ2n) is 5.58. The minimum absolute atomic E-state index is 0.172. The summed E-state index contributed by atoms with van der Waals surface area (Å²) in [5.74, 6) is 0.565. The van der Waals surface area contributed by atoms with Crippen molar-refractivity contribution in [3.63, 3.8) is 0 Å². The van der Waals surface area contributed by atoms with Crippen molar-refractivity contribution in [1.29, 1.82) is 0 Å². The molecule has 1 aliphatic rings. The number of nitrogens with zero attached hydrogens (tertiary/aromatic N) is 1. The van der Waals surface area contributed by atoms with Gasteiger partial charge in [0.25, 0.3) is 0 Å². The molecule has 19 heavy (non-hydrogen) atoms. The predicted octanol–water partition coefficient (Wildman–Crippen LogP) is 3.22. The van der Waals surface area contributed by atoms with E-state index in [9.17, 15) is 4.39 Å². The zero-order valence-corrected chi connectivity index (χ0v) is 12.4. The van der Waals surface area contributed by atoms with Gasteiger partial charge in [-0.25, -0.2) is 4.39 Å². The van der Waals surface area contributed by atoms with Gasteiger partial charge in [0.05, 0.1) is 0 Å². The third-order valence-electron chi connectivity index (χ3n) is 3.80. The normalized spacial score (nSPS) is 17.1. The first-order chi connectivity index (χ1) is 9.06. The average molecular weight is 285 g/mol. The molecule has 0 aromatic heterocycles. The maximum absolute atomic E-state index is 13.6. The summed E-state index contributed by atoms with van der Waals surface area (Å²) < 4.78 is 13.6. The first-order valence-corrected chi connectivity index (χ1v) is 7.28. The van der Waals surface area contributed by atoms with E-state index in [-0.39, 0.29) is 5.82 Å². The van der Waals surface area contributed by atoms with E-state index in [1.165, 1.54) is 12.8 Å². The van der Waals surface area contributed by atoms with E-state index < -0.39 is 0 Å². The Hall–Kier alpha value is -0.640. The Morgan fingerprint density at radius 2 is 2.05 bits per heavy atom. The molecule has 1 aliphatic heterocycles. The maximum atomic E-state index is 13.6. The number of aryl methyl sites for hydroxylation is 1. The van der Waals surface area contributed by atoms with Gasteiger partial charge in [0.15, 0.2) is 0 Å². The standard InChI is InChI=1S/C15H22ClFN2/c1-11-7-14(16)13(8-15(11)17)10-19(2)9-12-3-5-18-6-4-12/h7-8,12,18H,3-6,9-10H2,1-2H3. The molecule has 1 aromatic rings. The molecule has 1 aromatic carbocycles. The molecule has 1 N–H and O–H groups in total. The van der Waals surface area contributed by atoms with Gasteiger partial charge in [-0.2, -0.15) is 0 Å². The second kappa shape index (κ2) is 6.69. The van der Waals surface area contributed by atoms with Crippen LogP contribution in [0.1, 0.15) is 24.0 Å². The number of hydrogen-bond donors (Lipinski definition) is 1. The Bertz CT molecular complexity index is 430. The van der Waals surface area contributed by atoms with Crippen LogP contribution < -0.4 is 5.32 Å². The van der Waals surface area contributed by atoms with E-state index in [4.69, 9.17) is 11.6 Å². The molecule has 2 rings (SSSR count). The number of nitrogens with one attached hydrogen (secondary N) is 1. The van der Waals surface area contributed by atoms with Crippen molar-refractivity contribution in [2.24, 2.45) is 5.92 Å². The molecular formula is C15H22ClFN2. The van der Waals surface area contributed by atoms with Crippen molar-refractivity contribution in [3.05, 3.63) is 34.1 Å². The van der Waals surface area contributed by atoms with Crippen molar-refractivity contribution in [2.75, 3.05) is 26.7 Å². The van der Waals surface area contributed by atoms with Gasteiger partial charge in [0, 0.05) is 18.1 Å². The summed E-state index contributed by atoms with van der Waals surface area (Å²) in [6.45, 7) is 5.72. The van der Waals surface area contributed by atoms with Gasteiger partial charge in [0.2, 0.25) is 0 Å². The van der Waals surface area contributed by atoms with E-state index in [1.54, 1.807) is 19.1 Å². The van der Waals surface area contributed by atoms with Crippen LogP contribution in [-0.4, -0.2) is 31.6 Å². The minimum atomic E-state index is -0.172. The summed E-state index contributed by atoms with van der Waals surface area (Å²) >= 11 is 6.18. The molecule has 0 bridgehead atoms. The molecule has 1 fully saturated rings. The Balaban J connectivity index is 1.94. The highest BCUT2D eigenvalue weighted by Crippen LogP contribution is 2.22. The highest BCUT2D eigenvalue weighted by Gasteiger charge is 2.16. The number of hydrogen-bond acceptors (Lipinski definition) is 2. The zero-order chi connectivity index (χ0) is 13.8. The summed E-state index contributed by atoms with van der Waals surface area (Å²) in [6, 6.07) is 3.28. The van der Waals surface area contributed by atoms with Crippen LogP contribution in [0.2, 0.25) is 5.02 Å². The number of rotatable bonds is 4. The monoisotopic (exact) mass is 284 g/mol. The average Bonchev–Trinajstić information content (AvgIpc) is 2.37. The van der Waals surface area contributed by atoms with E-state index >= 15 is 0 Å².